The number of amides is 1. The van der Waals surface area contributed by atoms with Crippen molar-refractivity contribution in [2.75, 3.05) is 6.61 Å². The van der Waals surface area contributed by atoms with Crippen LogP contribution in [0.2, 0.25) is 0 Å². The van der Waals surface area contributed by atoms with E-state index in [1.165, 1.54) is 17.3 Å². The van der Waals surface area contributed by atoms with Gasteiger partial charge in [0.2, 0.25) is 5.91 Å². The smallest absolute Gasteiger partial charge is 0.338 e. The summed E-state index contributed by atoms with van der Waals surface area (Å²) in [6.07, 6.45) is 0. The van der Waals surface area contributed by atoms with E-state index in [0.717, 1.165) is 5.56 Å². The zero-order chi connectivity index (χ0) is 19.0. The van der Waals surface area contributed by atoms with Gasteiger partial charge in [-0.05, 0) is 37.8 Å². The van der Waals surface area contributed by atoms with Crippen molar-refractivity contribution in [1.82, 2.24) is 4.90 Å². The first kappa shape index (κ1) is 18.7. The van der Waals surface area contributed by atoms with Crippen LogP contribution < -0.4 is 0 Å². The highest BCUT2D eigenvalue weighted by Crippen LogP contribution is 2.43. The minimum absolute atomic E-state index is 0.0269. The average molecular weight is 372 g/mol. The Morgan fingerprint density at radius 1 is 1.31 bits per heavy atom. The molecule has 1 amide bonds. The third-order valence-electron chi connectivity index (χ3n) is 4.67. The molecule has 1 saturated heterocycles. The molecule has 26 heavy (non-hydrogen) atoms. The summed E-state index contributed by atoms with van der Waals surface area (Å²) in [6.45, 7) is 10.0. The maximum absolute atomic E-state index is 12.8. The van der Waals surface area contributed by atoms with E-state index in [1.54, 1.807) is 18.7 Å². The van der Waals surface area contributed by atoms with Crippen molar-refractivity contribution in [1.29, 1.82) is 0 Å². The standard InChI is InChI=1S/C20H24N2O3S/c1-6-25-19(24)16-12(4)21-20-22(18(23)13(5)26-20)17(16)15-9-7-14(8-10-15)11(2)3/h7-11,13,17H,6H2,1-5H3/t13-,17+/m0/s1. The first-order valence-electron chi connectivity index (χ1n) is 8.91. The summed E-state index contributed by atoms with van der Waals surface area (Å²) in [6, 6.07) is 7.61. The Balaban J connectivity index is 2.11. The highest BCUT2D eigenvalue weighted by molar-refractivity contribution is 8.15. The van der Waals surface area contributed by atoms with Gasteiger partial charge in [0.05, 0.1) is 29.2 Å². The normalized spacial score (nSPS) is 22.6. The predicted molar refractivity (Wildman–Crippen MR) is 104 cm³/mol. The van der Waals surface area contributed by atoms with Crippen molar-refractivity contribution >= 4 is 28.8 Å². The SMILES string of the molecule is CCOC(=O)C1=C(C)N=C2S[C@@H](C)C(=O)N2[C@@H]1c1ccc(C(C)C)cc1. The van der Waals surface area contributed by atoms with Gasteiger partial charge in [-0.3, -0.25) is 9.69 Å². The van der Waals surface area contributed by atoms with Crippen LogP contribution in [0.15, 0.2) is 40.5 Å². The van der Waals surface area contributed by atoms with Gasteiger partial charge < -0.3 is 4.74 Å². The molecule has 2 atom stereocenters. The van der Waals surface area contributed by atoms with Gasteiger partial charge in [0, 0.05) is 0 Å². The summed E-state index contributed by atoms with van der Waals surface area (Å²) in [5, 5.41) is 0.450. The fraction of sp³-hybridized carbons (Fsp3) is 0.450. The number of rotatable bonds is 4. The number of allylic oxidation sites excluding steroid dienone is 1. The van der Waals surface area contributed by atoms with E-state index in [-0.39, 0.29) is 17.8 Å². The van der Waals surface area contributed by atoms with Crippen molar-refractivity contribution in [3.05, 3.63) is 46.7 Å². The second kappa shape index (κ2) is 7.27. The van der Waals surface area contributed by atoms with Gasteiger partial charge in [-0.15, -0.1) is 0 Å². The number of ether oxygens (including phenoxy) is 1. The van der Waals surface area contributed by atoms with Gasteiger partial charge in [-0.1, -0.05) is 49.9 Å². The zero-order valence-electron chi connectivity index (χ0n) is 15.8. The third-order valence-corrected chi connectivity index (χ3v) is 5.73. The molecule has 0 unspecified atom stereocenters. The molecule has 0 N–H and O–H groups in total. The van der Waals surface area contributed by atoms with Gasteiger partial charge in [0.15, 0.2) is 5.17 Å². The molecule has 0 aromatic heterocycles. The lowest BCUT2D eigenvalue weighted by Crippen LogP contribution is -2.40. The summed E-state index contributed by atoms with van der Waals surface area (Å²) in [5.74, 6) is -0.0256. The number of benzene rings is 1. The molecule has 2 aliphatic rings. The van der Waals surface area contributed by atoms with E-state index in [1.807, 2.05) is 19.1 Å². The van der Waals surface area contributed by atoms with Gasteiger partial charge in [0.25, 0.3) is 0 Å². The Morgan fingerprint density at radius 2 is 1.96 bits per heavy atom. The van der Waals surface area contributed by atoms with Crippen LogP contribution in [0.3, 0.4) is 0 Å². The number of amidine groups is 1. The number of fused-ring (bicyclic) bond motifs is 1. The fourth-order valence-corrected chi connectivity index (χ4v) is 4.28. The second-order valence-corrected chi connectivity index (χ2v) is 8.11. The molecule has 1 aromatic rings. The number of hydrogen-bond donors (Lipinski definition) is 0. The lowest BCUT2D eigenvalue weighted by molar-refractivity contribution is -0.139. The summed E-state index contributed by atoms with van der Waals surface area (Å²) in [5.41, 5.74) is 3.16. The minimum Gasteiger partial charge on any atom is -0.463 e. The monoisotopic (exact) mass is 372 g/mol. The maximum Gasteiger partial charge on any atom is 0.338 e. The Morgan fingerprint density at radius 3 is 2.54 bits per heavy atom. The van der Waals surface area contributed by atoms with Crippen molar-refractivity contribution in [3.8, 4) is 0 Å². The molecule has 5 nitrogen and oxygen atoms in total. The molecule has 1 fully saturated rings. The van der Waals surface area contributed by atoms with Gasteiger partial charge >= 0.3 is 5.97 Å². The molecule has 0 bridgehead atoms. The lowest BCUT2D eigenvalue weighted by atomic mass is 9.92. The van der Waals surface area contributed by atoms with Crippen molar-refractivity contribution < 1.29 is 14.3 Å². The van der Waals surface area contributed by atoms with Crippen LogP contribution in [0.4, 0.5) is 0 Å². The third kappa shape index (κ3) is 3.18. The number of carbonyl (C=O) groups excluding carboxylic acids is 2. The maximum atomic E-state index is 12.8. The molecule has 0 radical (unpaired) electrons. The predicted octanol–water partition coefficient (Wildman–Crippen LogP) is 4.02. The number of thioether (sulfide) groups is 1. The first-order valence-corrected chi connectivity index (χ1v) is 9.79. The van der Waals surface area contributed by atoms with Gasteiger partial charge in [-0.2, -0.15) is 0 Å². The Bertz CT molecular complexity index is 796. The molecule has 138 valence electrons. The van der Waals surface area contributed by atoms with Crippen LogP contribution in [0, 0.1) is 0 Å². The minimum atomic E-state index is -0.493. The van der Waals surface area contributed by atoms with Crippen molar-refractivity contribution in [3.63, 3.8) is 0 Å². The van der Waals surface area contributed by atoms with E-state index in [2.05, 4.69) is 31.0 Å². The van der Waals surface area contributed by atoms with E-state index >= 15 is 0 Å². The Labute approximate surface area is 158 Å². The van der Waals surface area contributed by atoms with E-state index < -0.39 is 12.0 Å². The van der Waals surface area contributed by atoms with Crippen LogP contribution in [-0.2, 0) is 14.3 Å². The van der Waals surface area contributed by atoms with Crippen LogP contribution in [0.1, 0.15) is 57.7 Å². The Kier molecular flexibility index (Phi) is 5.23. The highest BCUT2D eigenvalue weighted by Gasteiger charge is 2.46. The van der Waals surface area contributed by atoms with Gasteiger partial charge in [-0.25, -0.2) is 9.79 Å². The molecule has 0 spiro atoms. The molecular weight excluding hydrogens is 348 g/mol. The van der Waals surface area contributed by atoms with Crippen LogP contribution in [0.5, 0.6) is 0 Å². The number of hydrogen-bond acceptors (Lipinski definition) is 5. The summed E-state index contributed by atoms with van der Waals surface area (Å²) in [4.78, 5) is 31.6. The molecule has 2 aliphatic heterocycles. The van der Waals surface area contributed by atoms with Gasteiger partial charge in [0.1, 0.15) is 0 Å². The average Bonchev–Trinajstić information content (AvgIpc) is 2.87. The number of esters is 1. The quantitative estimate of drug-likeness (QED) is 0.749. The number of carbonyl (C=O) groups is 2. The van der Waals surface area contributed by atoms with Crippen molar-refractivity contribution in [2.24, 2.45) is 4.99 Å². The van der Waals surface area contributed by atoms with Crippen molar-refractivity contribution in [2.45, 2.75) is 51.8 Å². The molecule has 1 aromatic carbocycles. The fourth-order valence-electron chi connectivity index (χ4n) is 3.25. The first-order chi connectivity index (χ1) is 12.3. The molecule has 3 rings (SSSR count). The molecule has 6 heteroatoms. The molecule has 0 aliphatic carbocycles. The Hall–Kier alpha value is -2.08. The molecular formula is C20H24N2O3S. The van der Waals surface area contributed by atoms with E-state index in [9.17, 15) is 9.59 Å². The molecule has 0 saturated carbocycles. The zero-order valence-corrected chi connectivity index (χ0v) is 16.6. The largest absolute Gasteiger partial charge is 0.463 e. The number of aliphatic imine (C=N–C) groups is 1. The van der Waals surface area contributed by atoms with Crippen LogP contribution in [0.25, 0.3) is 0 Å². The lowest BCUT2D eigenvalue weighted by Gasteiger charge is -2.33. The van der Waals surface area contributed by atoms with E-state index in [0.29, 0.717) is 22.4 Å². The summed E-state index contributed by atoms with van der Waals surface area (Å²) >= 11 is 1.43. The second-order valence-electron chi connectivity index (χ2n) is 6.81. The summed E-state index contributed by atoms with van der Waals surface area (Å²) < 4.78 is 5.27. The molecule has 2 heterocycles. The topological polar surface area (TPSA) is 59.0 Å². The highest BCUT2D eigenvalue weighted by atomic mass is 32.2. The summed E-state index contributed by atoms with van der Waals surface area (Å²) in [7, 11) is 0. The number of nitrogens with zero attached hydrogens (tertiary/aromatic N) is 2. The van der Waals surface area contributed by atoms with Crippen LogP contribution >= 0.6 is 11.8 Å². The van der Waals surface area contributed by atoms with Crippen LogP contribution in [-0.4, -0.2) is 33.8 Å². The van der Waals surface area contributed by atoms with E-state index in [4.69, 9.17) is 4.74 Å².